The van der Waals surface area contributed by atoms with E-state index in [4.69, 9.17) is 17.3 Å². The van der Waals surface area contributed by atoms with Gasteiger partial charge in [0.05, 0.1) is 6.54 Å². The maximum atomic E-state index is 12.3. The van der Waals surface area contributed by atoms with E-state index in [1.54, 1.807) is 0 Å². The number of hydrogen-bond acceptors (Lipinski definition) is 4. The Morgan fingerprint density at radius 1 is 1.47 bits per heavy atom. The van der Waals surface area contributed by atoms with Crippen molar-refractivity contribution in [2.75, 3.05) is 13.1 Å². The Balaban J connectivity index is 3.11. The van der Waals surface area contributed by atoms with Crippen LogP contribution in [-0.4, -0.2) is 36.7 Å². The topological polar surface area (TPSA) is 93.4 Å². The van der Waals surface area contributed by atoms with Gasteiger partial charge >= 0.3 is 0 Å². The van der Waals surface area contributed by atoms with Gasteiger partial charge in [0.2, 0.25) is 15.9 Å². The predicted molar refractivity (Wildman–Crippen MR) is 72.0 cm³/mol. The number of rotatable bonds is 6. The summed E-state index contributed by atoms with van der Waals surface area (Å²) in [5.74, 6) is -0.638. The zero-order chi connectivity index (χ0) is 14.6. The molecule has 0 aliphatic carbocycles. The molecule has 1 amide bonds. The van der Waals surface area contributed by atoms with Gasteiger partial charge in [0.15, 0.2) is 0 Å². The lowest BCUT2D eigenvalue weighted by Gasteiger charge is -2.22. The SMILES string of the molecule is CC(C)CN(CC(N)=O)S(=O)(=O)c1ccc(Cl)nc1. The Morgan fingerprint density at radius 3 is 2.53 bits per heavy atom. The molecule has 0 saturated carbocycles. The second kappa shape index (κ2) is 6.31. The first-order valence-electron chi connectivity index (χ1n) is 5.63. The third kappa shape index (κ3) is 4.45. The summed E-state index contributed by atoms with van der Waals surface area (Å²) in [5.41, 5.74) is 5.09. The Bertz CT molecular complexity index is 543. The smallest absolute Gasteiger partial charge is 0.245 e. The van der Waals surface area contributed by atoms with Crippen LogP contribution in [0.3, 0.4) is 0 Å². The number of nitrogens with two attached hydrogens (primary N) is 1. The lowest BCUT2D eigenvalue weighted by molar-refractivity contribution is -0.118. The molecular formula is C11H16ClN3O3S. The Morgan fingerprint density at radius 2 is 2.11 bits per heavy atom. The molecule has 0 aliphatic heterocycles. The Labute approximate surface area is 117 Å². The highest BCUT2D eigenvalue weighted by Crippen LogP contribution is 2.17. The van der Waals surface area contributed by atoms with Crippen molar-refractivity contribution >= 4 is 27.5 Å². The van der Waals surface area contributed by atoms with Gasteiger partial charge < -0.3 is 5.73 Å². The monoisotopic (exact) mass is 305 g/mol. The van der Waals surface area contributed by atoms with Crippen LogP contribution in [0, 0.1) is 5.92 Å². The van der Waals surface area contributed by atoms with Crippen molar-refractivity contribution in [1.29, 1.82) is 0 Å². The summed E-state index contributed by atoms with van der Waals surface area (Å²) >= 11 is 5.62. The van der Waals surface area contributed by atoms with Crippen molar-refractivity contribution in [3.05, 3.63) is 23.5 Å². The first-order chi connectivity index (χ1) is 8.73. The van der Waals surface area contributed by atoms with E-state index >= 15 is 0 Å². The summed E-state index contributed by atoms with van der Waals surface area (Å²) in [6.07, 6.45) is 1.16. The molecule has 2 N–H and O–H groups in total. The van der Waals surface area contributed by atoms with Crippen molar-refractivity contribution in [1.82, 2.24) is 9.29 Å². The minimum atomic E-state index is -3.80. The molecule has 6 nitrogen and oxygen atoms in total. The number of nitrogens with zero attached hydrogens (tertiary/aromatic N) is 2. The van der Waals surface area contributed by atoms with Crippen LogP contribution in [0.25, 0.3) is 0 Å². The number of sulfonamides is 1. The van der Waals surface area contributed by atoms with Gasteiger partial charge in [-0.1, -0.05) is 25.4 Å². The molecule has 1 aromatic rings. The summed E-state index contributed by atoms with van der Waals surface area (Å²) in [4.78, 5) is 14.7. The summed E-state index contributed by atoms with van der Waals surface area (Å²) in [6.45, 7) is 3.55. The average Bonchev–Trinajstić information content (AvgIpc) is 2.27. The van der Waals surface area contributed by atoms with Crippen LogP contribution in [0.4, 0.5) is 0 Å². The minimum absolute atomic E-state index is 0.0150. The first-order valence-corrected chi connectivity index (χ1v) is 7.45. The van der Waals surface area contributed by atoms with Crippen LogP contribution in [0.1, 0.15) is 13.8 Å². The first kappa shape index (κ1) is 15.9. The van der Waals surface area contributed by atoms with Crippen LogP contribution in [0.2, 0.25) is 5.15 Å². The van der Waals surface area contributed by atoms with Crippen molar-refractivity contribution in [2.24, 2.45) is 11.7 Å². The molecule has 1 aromatic heterocycles. The van der Waals surface area contributed by atoms with Gasteiger partial charge in [-0.3, -0.25) is 4.79 Å². The summed E-state index contributed by atoms with van der Waals surface area (Å²) in [6, 6.07) is 2.73. The predicted octanol–water partition coefficient (Wildman–Crippen LogP) is 0.867. The van der Waals surface area contributed by atoms with E-state index in [9.17, 15) is 13.2 Å². The molecule has 0 bridgehead atoms. The molecule has 0 radical (unpaired) electrons. The van der Waals surface area contributed by atoms with Crippen LogP contribution in [0.15, 0.2) is 23.2 Å². The summed E-state index contributed by atoms with van der Waals surface area (Å²) < 4.78 is 25.7. The zero-order valence-corrected chi connectivity index (χ0v) is 12.3. The van der Waals surface area contributed by atoms with Crippen molar-refractivity contribution < 1.29 is 13.2 Å². The Kier molecular flexibility index (Phi) is 5.28. The van der Waals surface area contributed by atoms with Gasteiger partial charge in [0.1, 0.15) is 10.0 Å². The lowest BCUT2D eigenvalue weighted by atomic mass is 10.2. The third-order valence-corrected chi connectivity index (χ3v) is 4.26. The zero-order valence-electron chi connectivity index (χ0n) is 10.7. The van der Waals surface area contributed by atoms with E-state index in [2.05, 4.69) is 4.98 Å². The molecule has 0 saturated heterocycles. The van der Waals surface area contributed by atoms with Crippen molar-refractivity contribution in [3.8, 4) is 0 Å². The van der Waals surface area contributed by atoms with E-state index in [-0.39, 0.29) is 29.1 Å². The van der Waals surface area contributed by atoms with Gasteiger partial charge in [-0.05, 0) is 18.1 Å². The number of carbonyl (C=O) groups is 1. The van der Waals surface area contributed by atoms with Crippen LogP contribution in [-0.2, 0) is 14.8 Å². The number of pyridine rings is 1. The van der Waals surface area contributed by atoms with Gasteiger partial charge in [0, 0.05) is 12.7 Å². The maximum absolute atomic E-state index is 12.3. The van der Waals surface area contributed by atoms with Gasteiger partial charge in [-0.15, -0.1) is 0 Å². The van der Waals surface area contributed by atoms with Gasteiger partial charge in [0.25, 0.3) is 0 Å². The van der Waals surface area contributed by atoms with E-state index < -0.39 is 15.9 Å². The van der Waals surface area contributed by atoms with Crippen LogP contribution >= 0.6 is 11.6 Å². The fourth-order valence-electron chi connectivity index (χ4n) is 1.49. The number of hydrogen-bond donors (Lipinski definition) is 1. The van der Waals surface area contributed by atoms with Crippen molar-refractivity contribution in [2.45, 2.75) is 18.7 Å². The van der Waals surface area contributed by atoms with Crippen molar-refractivity contribution in [3.63, 3.8) is 0 Å². The average molecular weight is 306 g/mol. The van der Waals surface area contributed by atoms with E-state index in [1.807, 2.05) is 13.8 Å². The fraction of sp³-hybridized carbons (Fsp3) is 0.455. The molecular weight excluding hydrogens is 290 g/mol. The van der Waals surface area contributed by atoms with Crippen LogP contribution in [0.5, 0.6) is 0 Å². The Hall–Kier alpha value is -1.18. The highest BCUT2D eigenvalue weighted by molar-refractivity contribution is 7.89. The number of amides is 1. The maximum Gasteiger partial charge on any atom is 0.245 e. The van der Waals surface area contributed by atoms with E-state index in [0.29, 0.717) is 0 Å². The number of halogens is 1. The molecule has 0 fully saturated rings. The number of primary amides is 1. The normalized spacial score (nSPS) is 12.1. The van der Waals surface area contributed by atoms with E-state index in [0.717, 1.165) is 10.5 Å². The van der Waals surface area contributed by atoms with Gasteiger partial charge in [-0.2, -0.15) is 4.31 Å². The minimum Gasteiger partial charge on any atom is -0.369 e. The number of aromatic nitrogens is 1. The molecule has 1 rings (SSSR count). The summed E-state index contributed by atoms with van der Waals surface area (Å²) in [5, 5.41) is 0.198. The molecule has 0 unspecified atom stereocenters. The molecule has 0 spiro atoms. The highest BCUT2D eigenvalue weighted by atomic mass is 35.5. The molecule has 1 heterocycles. The second-order valence-corrected chi connectivity index (χ2v) is 6.80. The van der Waals surface area contributed by atoms with Gasteiger partial charge in [-0.25, -0.2) is 13.4 Å². The molecule has 0 atom stereocenters. The van der Waals surface area contributed by atoms with Crippen LogP contribution < -0.4 is 5.73 Å². The third-order valence-electron chi connectivity index (χ3n) is 2.24. The quantitative estimate of drug-likeness (QED) is 0.789. The lowest BCUT2D eigenvalue weighted by Crippen LogP contribution is -2.40. The fourth-order valence-corrected chi connectivity index (χ4v) is 3.12. The summed E-state index contributed by atoms with van der Waals surface area (Å²) in [7, 11) is -3.80. The number of carbonyl (C=O) groups excluding carboxylic acids is 1. The standard InChI is InChI=1S/C11H16ClN3O3S/c1-8(2)6-15(7-11(13)16)19(17,18)9-3-4-10(12)14-5-9/h3-5,8H,6-7H2,1-2H3,(H2,13,16). The largest absolute Gasteiger partial charge is 0.369 e. The molecule has 8 heteroatoms. The molecule has 106 valence electrons. The molecule has 0 aliphatic rings. The second-order valence-electron chi connectivity index (χ2n) is 4.47. The molecule has 0 aromatic carbocycles. The van der Waals surface area contributed by atoms with E-state index in [1.165, 1.54) is 12.1 Å². The highest BCUT2D eigenvalue weighted by Gasteiger charge is 2.26. The molecule has 19 heavy (non-hydrogen) atoms.